The SMILES string of the molecule is COc1ccc2[nH]cc(CCNC3CC(=O)N(c4cccc(C)c4)C3=O)c2c1. The molecular weight excluding hydrogens is 354 g/mol. The number of carbonyl (C=O) groups is 2. The molecule has 0 spiro atoms. The standard InChI is InChI=1S/C22H23N3O3/c1-14-4-3-5-16(10-14)25-21(26)12-20(22(25)27)23-9-8-15-13-24-19-7-6-17(28-2)11-18(15)19/h3-7,10-11,13,20,23-24H,8-9,12H2,1-2H3. The number of carbonyl (C=O) groups excluding carboxylic acids is 2. The van der Waals surface area contributed by atoms with Crippen LogP contribution in [0.4, 0.5) is 5.69 Å². The van der Waals surface area contributed by atoms with Gasteiger partial charge in [0.2, 0.25) is 5.91 Å². The molecule has 2 N–H and O–H groups in total. The van der Waals surface area contributed by atoms with E-state index in [0.717, 1.165) is 34.2 Å². The number of H-pyrrole nitrogens is 1. The lowest BCUT2D eigenvalue weighted by atomic mass is 10.1. The number of hydrogen-bond donors (Lipinski definition) is 2. The van der Waals surface area contributed by atoms with Gasteiger partial charge in [-0.1, -0.05) is 12.1 Å². The second kappa shape index (κ2) is 7.48. The number of aromatic nitrogens is 1. The first-order valence-electron chi connectivity index (χ1n) is 9.37. The third kappa shape index (κ3) is 3.39. The van der Waals surface area contributed by atoms with E-state index in [1.54, 1.807) is 13.2 Å². The fourth-order valence-electron chi connectivity index (χ4n) is 3.70. The van der Waals surface area contributed by atoms with Gasteiger partial charge in [-0.25, -0.2) is 4.90 Å². The number of fused-ring (bicyclic) bond motifs is 1. The second-order valence-electron chi connectivity index (χ2n) is 7.09. The van der Waals surface area contributed by atoms with Crippen molar-refractivity contribution in [3.05, 3.63) is 59.8 Å². The highest BCUT2D eigenvalue weighted by molar-refractivity contribution is 6.22. The molecule has 6 nitrogen and oxygen atoms in total. The van der Waals surface area contributed by atoms with Crippen LogP contribution in [0.5, 0.6) is 5.75 Å². The van der Waals surface area contributed by atoms with Gasteiger partial charge in [0, 0.05) is 23.6 Å². The molecule has 2 aromatic carbocycles. The summed E-state index contributed by atoms with van der Waals surface area (Å²) in [5.74, 6) is 0.466. The lowest BCUT2D eigenvalue weighted by Gasteiger charge is -2.16. The largest absolute Gasteiger partial charge is 0.497 e. The Morgan fingerprint density at radius 3 is 2.86 bits per heavy atom. The number of anilines is 1. The maximum absolute atomic E-state index is 12.7. The van der Waals surface area contributed by atoms with E-state index in [4.69, 9.17) is 4.74 Å². The third-order valence-corrected chi connectivity index (χ3v) is 5.17. The van der Waals surface area contributed by atoms with E-state index in [9.17, 15) is 9.59 Å². The summed E-state index contributed by atoms with van der Waals surface area (Å²) in [5.41, 5.74) is 3.86. The van der Waals surface area contributed by atoms with Gasteiger partial charge in [0.15, 0.2) is 0 Å². The van der Waals surface area contributed by atoms with E-state index >= 15 is 0 Å². The van der Waals surface area contributed by atoms with Gasteiger partial charge in [0.25, 0.3) is 5.91 Å². The van der Waals surface area contributed by atoms with E-state index in [-0.39, 0.29) is 18.2 Å². The highest BCUT2D eigenvalue weighted by atomic mass is 16.5. The van der Waals surface area contributed by atoms with Crippen molar-refractivity contribution in [3.8, 4) is 5.75 Å². The number of aromatic amines is 1. The van der Waals surface area contributed by atoms with Crippen LogP contribution < -0.4 is 15.0 Å². The van der Waals surface area contributed by atoms with Crippen LogP contribution in [-0.4, -0.2) is 36.5 Å². The van der Waals surface area contributed by atoms with E-state index < -0.39 is 6.04 Å². The maximum atomic E-state index is 12.7. The van der Waals surface area contributed by atoms with Crippen LogP contribution in [-0.2, 0) is 16.0 Å². The van der Waals surface area contributed by atoms with Crippen LogP contribution in [0.15, 0.2) is 48.7 Å². The van der Waals surface area contributed by atoms with Crippen LogP contribution in [0.25, 0.3) is 10.9 Å². The Kier molecular flexibility index (Phi) is 4.88. The molecule has 144 valence electrons. The number of nitrogens with one attached hydrogen (secondary N) is 2. The summed E-state index contributed by atoms with van der Waals surface area (Å²) in [6.45, 7) is 2.55. The zero-order chi connectivity index (χ0) is 19.7. The van der Waals surface area contributed by atoms with Gasteiger partial charge in [0.05, 0.1) is 25.3 Å². The van der Waals surface area contributed by atoms with E-state index in [0.29, 0.717) is 12.2 Å². The monoisotopic (exact) mass is 377 g/mol. The van der Waals surface area contributed by atoms with Crippen molar-refractivity contribution in [1.29, 1.82) is 0 Å². The van der Waals surface area contributed by atoms with Crippen molar-refractivity contribution in [1.82, 2.24) is 10.3 Å². The fraction of sp³-hybridized carbons (Fsp3) is 0.273. The molecule has 1 aromatic heterocycles. The number of nitrogens with zero attached hydrogens (tertiary/aromatic N) is 1. The Hall–Kier alpha value is -3.12. The molecule has 2 heterocycles. The van der Waals surface area contributed by atoms with Crippen LogP contribution in [0.1, 0.15) is 17.5 Å². The van der Waals surface area contributed by atoms with E-state index in [1.807, 2.05) is 49.5 Å². The molecule has 28 heavy (non-hydrogen) atoms. The highest BCUT2D eigenvalue weighted by Crippen LogP contribution is 2.25. The summed E-state index contributed by atoms with van der Waals surface area (Å²) < 4.78 is 5.30. The Morgan fingerprint density at radius 1 is 1.21 bits per heavy atom. The minimum atomic E-state index is -0.479. The minimum absolute atomic E-state index is 0.162. The predicted molar refractivity (Wildman–Crippen MR) is 109 cm³/mol. The summed E-state index contributed by atoms with van der Waals surface area (Å²) in [7, 11) is 1.65. The normalized spacial score (nSPS) is 16.9. The number of rotatable bonds is 6. The first-order valence-corrected chi connectivity index (χ1v) is 9.37. The topological polar surface area (TPSA) is 74.4 Å². The number of ether oxygens (including phenoxy) is 1. The molecule has 1 aliphatic heterocycles. The zero-order valence-electron chi connectivity index (χ0n) is 16.0. The fourth-order valence-corrected chi connectivity index (χ4v) is 3.70. The number of benzene rings is 2. The average molecular weight is 377 g/mol. The average Bonchev–Trinajstić information content (AvgIpc) is 3.21. The molecule has 1 aliphatic rings. The highest BCUT2D eigenvalue weighted by Gasteiger charge is 2.39. The van der Waals surface area contributed by atoms with Gasteiger partial charge in [-0.05, 0) is 54.8 Å². The molecule has 2 amide bonds. The van der Waals surface area contributed by atoms with E-state index in [2.05, 4.69) is 10.3 Å². The first kappa shape index (κ1) is 18.3. The first-order chi connectivity index (χ1) is 13.6. The quantitative estimate of drug-likeness (QED) is 0.648. The summed E-state index contributed by atoms with van der Waals surface area (Å²) in [4.78, 5) is 29.7. The number of imide groups is 1. The van der Waals surface area contributed by atoms with Gasteiger partial charge in [-0.15, -0.1) is 0 Å². The molecule has 6 heteroatoms. The molecule has 1 saturated heterocycles. The van der Waals surface area contributed by atoms with Crippen LogP contribution in [0, 0.1) is 6.92 Å². The molecule has 0 saturated carbocycles. The molecule has 3 aromatic rings. The number of amides is 2. The lowest BCUT2D eigenvalue weighted by Crippen LogP contribution is -2.39. The van der Waals surface area contributed by atoms with Gasteiger partial charge in [-0.3, -0.25) is 9.59 Å². The van der Waals surface area contributed by atoms with Crippen molar-refractivity contribution in [3.63, 3.8) is 0 Å². The molecule has 4 rings (SSSR count). The lowest BCUT2D eigenvalue weighted by molar-refractivity contribution is -0.121. The summed E-state index contributed by atoms with van der Waals surface area (Å²) in [5, 5.41) is 4.36. The van der Waals surface area contributed by atoms with Crippen LogP contribution in [0.2, 0.25) is 0 Å². The molecule has 1 fully saturated rings. The molecule has 0 aliphatic carbocycles. The number of aryl methyl sites for hydroxylation is 1. The van der Waals surface area contributed by atoms with E-state index in [1.165, 1.54) is 4.90 Å². The van der Waals surface area contributed by atoms with Crippen molar-refractivity contribution in [2.45, 2.75) is 25.8 Å². The minimum Gasteiger partial charge on any atom is -0.497 e. The summed E-state index contributed by atoms with van der Waals surface area (Å²) in [6.07, 6.45) is 2.91. The van der Waals surface area contributed by atoms with Gasteiger partial charge >= 0.3 is 0 Å². The van der Waals surface area contributed by atoms with Crippen molar-refractivity contribution < 1.29 is 14.3 Å². The second-order valence-corrected chi connectivity index (χ2v) is 7.09. The van der Waals surface area contributed by atoms with Crippen molar-refractivity contribution >= 4 is 28.4 Å². The maximum Gasteiger partial charge on any atom is 0.251 e. The smallest absolute Gasteiger partial charge is 0.251 e. The Balaban J connectivity index is 1.42. The predicted octanol–water partition coefficient (Wildman–Crippen LogP) is 2.95. The van der Waals surface area contributed by atoms with Gasteiger partial charge in [-0.2, -0.15) is 0 Å². The zero-order valence-corrected chi connectivity index (χ0v) is 16.0. The Morgan fingerprint density at radius 2 is 2.07 bits per heavy atom. The third-order valence-electron chi connectivity index (χ3n) is 5.17. The van der Waals surface area contributed by atoms with Crippen LogP contribution >= 0.6 is 0 Å². The summed E-state index contributed by atoms with van der Waals surface area (Å²) >= 11 is 0. The molecule has 0 bridgehead atoms. The Bertz CT molecular complexity index is 1040. The van der Waals surface area contributed by atoms with Crippen LogP contribution in [0.3, 0.4) is 0 Å². The molecule has 1 unspecified atom stereocenters. The van der Waals surface area contributed by atoms with Crippen molar-refractivity contribution in [2.24, 2.45) is 0 Å². The summed E-state index contributed by atoms with van der Waals surface area (Å²) in [6, 6.07) is 12.9. The van der Waals surface area contributed by atoms with Gasteiger partial charge < -0.3 is 15.0 Å². The molecular formula is C22H23N3O3. The van der Waals surface area contributed by atoms with Gasteiger partial charge in [0.1, 0.15) is 5.75 Å². The Labute approximate surface area is 163 Å². The number of hydrogen-bond acceptors (Lipinski definition) is 4. The molecule has 0 radical (unpaired) electrons. The molecule has 1 atom stereocenters. The number of methoxy groups -OCH3 is 1. The van der Waals surface area contributed by atoms with Crippen molar-refractivity contribution in [2.75, 3.05) is 18.6 Å².